The van der Waals surface area contributed by atoms with E-state index >= 15 is 0 Å². The Morgan fingerprint density at radius 2 is 1.62 bits per heavy atom. The van der Waals surface area contributed by atoms with E-state index in [1.54, 1.807) is 24.3 Å². The summed E-state index contributed by atoms with van der Waals surface area (Å²) >= 11 is 0. The minimum Gasteiger partial charge on any atom is -0.489 e. The first kappa shape index (κ1) is 23.6. The number of carbonyl (C=O) groups excluding carboxylic acids is 2. The quantitative estimate of drug-likeness (QED) is 0.305. The van der Waals surface area contributed by atoms with Crippen LogP contribution in [0, 0.1) is 25.2 Å². The summed E-state index contributed by atoms with van der Waals surface area (Å²) in [5, 5.41) is 10.5. The van der Waals surface area contributed by atoms with E-state index in [-0.39, 0.29) is 11.5 Å². The highest BCUT2D eigenvalue weighted by molar-refractivity contribution is 6.31. The van der Waals surface area contributed by atoms with Crippen molar-refractivity contribution in [2.75, 3.05) is 5.01 Å². The SMILES string of the molecule is Cc1cc(/C=C2/C(=O)NN(c3ccccc3)C2=O)c(C)n1-c1ccc(OCc2ccccc2C#N)cc1. The summed E-state index contributed by atoms with van der Waals surface area (Å²) in [6, 6.07) is 28.2. The zero-order valence-corrected chi connectivity index (χ0v) is 20.4. The number of hydrogen-bond donors (Lipinski definition) is 1. The van der Waals surface area contributed by atoms with Crippen LogP contribution in [0.2, 0.25) is 0 Å². The zero-order chi connectivity index (χ0) is 25.9. The number of anilines is 1. The number of rotatable bonds is 6. The number of hydrogen-bond acceptors (Lipinski definition) is 4. The van der Waals surface area contributed by atoms with Gasteiger partial charge in [0.15, 0.2) is 0 Å². The number of hydrazine groups is 1. The molecule has 1 fully saturated rings. The topological polar surface area (TPSA) is 87.4 Å². The van der Waals surface area contributed by atoms with E-state index in [0.29, 0.717) is 23.6 Å². The minimum atomic E-state index is -0.432. The number of aromatic nitrogens is 1. The lowest BCUT2D eigenvalue weighted by Gasteiger charge is -2.13. The number of ether oxygens (including phenoxy) is 1. The van der Waals surface area contributed by atoms with E-state index in [9.17, 15) is 14.9 Å². The molecule has 182 valence electrons. The van der Waals surface area contributed by atoms with Crippen molar-refractivity contribution in [1.82, 2.24) is 9.99 Å². The van der Waals surface area contributed by atoms with Crippen LogP contribution >= 0.6 is 0 Å². The standard InChI is InChI=1S/C30H24N4O3/c1-20-16-24(17-28-29(35)32-34(30(28)36)26-10-4-3-5-11-26)21(2)33(20)25-12-14-27(15-13-25)37-19-23-9-7-6-8-22(23)18-31/h3-17H,19H2,1-2H3,(H,32,35)/b28-17-. The van der Waals surface area contributed by atoms with Crippen molar-refractivity contribution in [3.63, 3.8) is 0 Å². The molecule has 0 aliphatic carbocycles. The van der Waals surface area contributed by atoms with Crippen molar-refractivity contribution in [3.8, 4) is 17.5 Å². The van der Waals surface area contributed by atoms with Crippen molar-refractivity contribution >= 4 is 23.6 Å². The van der Waals surface area contributed by atoms with Gasteiger partial charge in [-0.3, -0.25) is 15.0 Å². The second-order valence-corrected chi connectivity index (χ2v) is 8.69. The number of nitrogens with zero attached hydrogens (tertiary/aromatic N) is 3. The maximum atomic E-state index is 13.0. The molecule has 7 nitrogen and oxygen atoms in total. The van der Waals surface area contributed by atoms with Gasteiger partial charge in [-0.2, -0.15) is 5.26 Å². The van der Waals surface area contributed by atoms with Crippen molar-refractivity contribution in [2.45, 2.75) is 20.5 Å². The van der Waals surface area contributed by atoms with Gasteiger partial charge in [-0.05, 0) is 74.0 Å². The lowest BCUT2D eigenvalue weighted by atomic mass is 10.1. The summed E-state index contributed by atoms with van der Waals surface area (Å²) in [6.45, 7) is 4.23. The average molecular weight is 489 g/mol. The summed E-state index contributed by atoms with van der Waals surface area (Å²) in [4.78, 5) is 25.6. The highest BCUT2D eigenvalue weighted by atomic mass is 16.5. The lowest BCUT2D eigenvalue weighted by Crippen LogP contribution is -2.35. The minimum absolute atomic E-state index is 0.0884. The van der Waals surface area contributed by atoms with E-state index in [1.165, 1.54) is 5.01 Å². The van der Waals surface area contributed by atoms with Crippen molar-refractivity contribution in [1.29, 1.82) is 5.26 Å². The lowest BCUT2D eigenvalue weighted by molar-refractivity contribution is -0.117. The predicted molar refractivity (Wildman–Crippen MR) is 141 cm³/mol. The molecule has 7 heteroatoms. The first-order valence-corrected chi connectivity index (χ1v) is 11.8. The molecule has 1 aliphatic heterocycles. The molecule has 1 N–H and O–H groups in total. The summed E-state index contributed by atoms with van der Waals surface area (Å²) in [6.07, 6.45) is 1.64. The van der Waals surface area contributed by atoms with Gasteiger partial charge in [0.25, 0.3) is 11.8 Å². The Morgan fingerprint density at radius 1 is 0.919 bits per heavy atom. The Morgan fingerprint density at radius 3 is 2.35 bits per heavy atom. The van der Waals surface area contributed by atoms with Crippen LogP contribution in [0.1, 0.15) is 28.1 Å². The van der Waals surface area contributed by atoms with E-state index in [4.69, 9.17) is 4.74 Å². The molecule has 5 rings (SSSR count). The summed E-state index contributed by atoms with van der Waals surface area (Å²) in [5.74, 6) is -0.130. The van der Waals surface area contributed by atoms with Crippen LogP contribution in [-0.4, -0.2) is 16.4 Å². The van der Waals surface area contributed by atoms with Crippen molar-refractivity contribution < 1.29 is 14.3 Å². The summed E-state index contributed by atoms with van der Waals surface area (Å²) in [5.41, 5.74) is 8.35. The first-order chi connectivity index (χ1) is 18.0. The Kier molecular flexibility index (Phi) is 6.31. The molecule has 1 aliphatic rings. The third-order valence-corrected chi connectivity index (χ3v) is 6.30. The fraction of sp³-hybridized carbons (Fsp3) is 0.100. The number of nitriles is 1. The van der Waals surface area contributed by atoms with Crippen LogP contribution in [0.3, 0.4) is 0 Å². The second-order valence-electron chi connectivity index (χ2n) is 8.69. The van der Waals surface area contributed by atoms with Crippen LogP contribution in [0.4, 0.5) is 5.69 Å². The van der Waals surface area contributed by atoms with E-state index in [1.807, 2.05) is 80.6 Å². The van der Waals surface area contributed by atoms with Gasteiger partial charge in [-0.25, -0.2) is 5.01 Å². The van der Waals surface area contributed by atoms with E-state index in [0.717, 1.165) is 28.2 Å². The van der Waals surface area contributed by atoms with Crippen LogP contribution in [0.25, 0.3) is 11.8 Å². The summed E-state index contributed by atoms with van der Waals surface area (Å²) < 4.78 is 7.96. The molecule has 1 saturated heterocycles. The molecule has 2 amide bonds. The maximum Gasteiger partial charge on any atom is 0.282 e. The molecule has 0 radical (unpaired) electrons. The van der Waals surface area contributed by atoms with Gasteiger partial charge in [0, 0.05) is 22.6 Å². The number of nitrogens with one attached hydrogen (secondary N) is 1. The Hall–Kier alpha value is -5.09. The molecular weight excluding hydrogens is 464 g/mol. The first-order valence-electron chi connectivity index (χ1n) is 11.8. The zero-order valence-electron chi connectivity index (χ0n) is 20.4. The van der Waals surface area contributed by atoms with Gasteiger partial charge < -0.3 is 9.30 Å². The predicted octanol–water partition coefficient (Wildman–Crippen LogP) is 5.01. The molecule has 37 heavy (non-hydrogen) atoms. The van der Waals surface area contributed by atoms with Crippen molar-refractivity contribution in [3.05, 3.63) is 119 Å². The normalized spacial score (nSPS) is 14.1. The average Bonchev–Trinajstić information content (AvgIpc) is 3.37. The smallest absolute Gasteiger partial charge is 0.282 e. The molecular formula is C30H24N4O3. The number of benzene rings is 3. The fourth-order valence-corrected chi connectivity index (χ4v) is 4.41. The molecule has 0 spiro atoms. The number of aryl methyl sites for hydroxylation is 1. The van der Waals surface area contributed by atoms with Gasteiger partial charge in [-0.1, -0.05) is 36.4 Å². The van der Waals surface area contributed by atoms with Crippen LogP contribution in [0.15, 0.2) is 90.5 Å². The Balaban J connectivity index is 1.36. The third-order valence-electron chi connectivity index (χ3n) is 6.30. The fourth-order valence-electron chi connectivity index (χ4n) is 4.41. The molecule has 3 aromatic carbocycles. The second kappa shape index (κ2) is 9.88. The highest BCUT2D eigenvalue weighted by Gasteiger charge is 2.34. The van der Waals surface area contributed by atoms with Gasteiger partial charge in [0.05, 0.1) is 17.3 Å². The molecule has 0 unspecified atom stereocenters. The van der Waals surface area contributed by atoms with Gasteiger partial charge in [0.2, 0.25) is 0 Å². The molecule has 1 aromatic heterocycles. The molecule has 2 heterocycles. The van der Waals surface area contributed by atoms with Gasteiger partial charge in [0.1, 0.15) is 17.9 Å². The van der Waals surface area contributed by atoms with Crippen LogP contribution in [0.5, 0.6) is 5.75 Å². The van der Waals surface area contributed by atoms with E-state index < -0.39 is 5.91 Å². The van der Waals surface area contributed by atoms with Crippen LogP contribution in [-0.2, 0) is 16.2 Å². The molecule has 0 bridgehead atoms. The number of amides is 2. The van der Waals surface area contributed by atoms with Crippen molar-refractivity contribution in [2.24, 2.45) is 0 Å². The monoisotopic (exact) mass is 488 g/mol. The van der Waals surface area contributed by atoms with Crippen LogP contribution < -0.4 is 15.2 Å². The van der Waals surface area contributed by atoms with E-state index in [2.05, 4.69) is 16.1 Å². The number of carbonyl (C=O) groups is 2. The molecule has 0 saturated carbocycles. The highest BCUT2D eigenvalue weighted by Crippen LogP contribution is 2.27. The van der Waals surface area contributed by atoms with Gasteiger partial charge >= 0.3 is 0 Å². The maximum absolute atomic E-state index is 13.0. The molecule has 0 atom stereocenters. The Labute approximate surface area is 214 Å². The summed E-state index contributed by atoms with van der Waals surface area (Å²) in [7, 11) is 0. The third kappa shape index (κ3) is 4.60. The Bertz CT molecular complexity index is 1560. The van der Waals surface area contributed by atoms with Gasteiger partial charge in [-0.15, -0.1) is 0 Å². The molecule has 4 aromatic rings. The largest absolute Gasteiger partial charge is 0.489 e. The number of para-hydroxylation sites is 1.